The second-order valence-corrected chi connectivity index (χ2v) is 10.0. The molecule has 1 N–H and O–H groups in total. The van der Waals surface area contributed by atoms with E-state index in [0.29, 0.717) is 35.1 Å². The lowest BCUT2D eigenvalue weighted by Crippen LogP contribution is -2.52. The fraction of sp³-hybridized carbons (Fsp3) is 0.360. The molecule has 1 unspecified atom stereocenters. The van der Waals surface area contributed by atoms with E-state index in [2.05, 4.69) is 20.7 Å². The highest BCUT2D eigenvalue weighted by atomic mass is 35.5. The first kappa shape index (κ1) is 27.3. The van der Waals surface area contributed by atoms with Crippen molar-refractivity contribution in [3.05, 3.63) is 59.0 Å². The first-order chi connectivity index (χ1) is 18.8. The van der Waals surface area contributed by atoms with Crippen LogP contribution in [-0.4, -0.2) is 68.0 Å². The van der Waals surface area contributed by atoms with Gasteiger partial charge in [-0.05, 0) is 56.7 Å². The topological polar surface area (TPSA) is 112 Å². The number of nitrogens with one attached hydrogen (secondary N) is 1. The van der Waals surface area contributed by atoms with Crippen LogP contribution < -0.4 is 10.4 Å². The number of rotatable bonds is 9. The zero-order valence-corrected chi connectivity index (χ0v) is 23.1. The highest BCUT2D eigenvalue weighted by Crippen LogP contribution is 2.30. The lowest BCUT2D eigenvalue weighted by molar-refractivity contribution is -0.280. The quantitative estimate of drug-likeness (QED) is 0.314. The molecule has 206 valence electrons. The number of hydrogen-bond acceptors (Lipinski definition) is 9. The number of nitrogens with zero attached hydrogens (tertiary/aromatic N) is 7. The standard InChI is InChI=1S/C25H28Cl2N8O4/c1-16(2)37-9-8-22(25(36)28-19-5-6-20-17(10-19)12-32(3)30-20)34-14-39-35(15-38-34)23-11-18(26)4-7-21(23)33-13-24(27)29-31-33/h4-7,10-13,16,22H,8-9,14-15H2,1-3H3,(H,28,36). The van der Waals surface area contributed by atoms with Gasteiger partial charge in [-0.15, -0.1) is 10.2 Å². The summed E-state index contributed by atoms with van der Waals surface area (Å²) >= 11 is 12.2. The van der Waals surface area contributed by atoms with Crippen LogP contribution in [0.1, 0.15) is 20.3 Å². The van der Waals surface area contributed by atoms with Crippen molar-refractivity contribution in [1.29, 1.82) is 0 Å². The summed E-state index contributed by atoms with van der Waals surface area (Å²) in [6, 6.07) is 10.1. The van der Waals surface area contributed by atoms with Gasteiger partial charge in [-0.25, -0.2) is 9.75 Å². The molecule has 0 radical (unpaired) electrons. The lowest BCUT2D eigenvalue weighted by Gasteiger charge is -2.38. The number of hydrogen-bond donors (Lipinski definition) is 1. The van der Waals surface area contributed by atoms with Crippen LogP contribution in [0.3, 0.4) is 0 Å². The Bertz CT molecular complexity index is 1450. The van der Waals surface area contributed by atoms with Crippen molar-refractivity contribution in [3.8, 4) is 5.69 Å². The molecule has 14 heteroatoms. The molecule has 1 fully saturated rings. The van der Waals surface area contributed by atoms with Crippen molar-refractivity contribution < 1.29 is 19.2 Å². The summed E-state index contributed by atoms with van der Waals surface area (Å²) in [4.78, 5) is 25.5. The molecular formula is C25H28Cl2N8O4. The Morgan fingerprint density at radius 1 is 1.10 bits per heavy atom. The Balaban J connectivity index is 1.31. The number of carbonyl (C=O) groups is 1. The lowest BCUT2D eigenvalue weighted by atomic mass is 10.1. The summed E-state index contributed by atoms with van der Waals surface area (Å²) in [7, 11) is 1.85. The predicted octanol–water partition coefficient (Wildman–Crippen LogP) is 4.18. The summed E-state index contributed by atoms with van der Waals surface area (Å²) < 4.78 is 8.98. The SMILES string of the molecule is CC(C)OCCC(C(=O)Nc1ccc2nn(C)cc2c1)N1CON(c2cc(Cl)ccc2-n2cc(Cl)nn2)CO1. The number of hydroxylamine groups is 3. The first-order valence-corrected chi connectivity index (χ1v) is 13.1. The minimum Gasteiger partial charge on any atom is -0.379 e. The molecule has 5 rings (SSSR count). The van der Waals surface area contributed by atoms with Gasteiger partial charge in [0.1, 0.15) is 6.04 Å². The van der Waals surface area contributed by atoms with Gasteiger partial charge in [0.15, 0.2) is 18.6 Å². The smallest absolute Gasteiger partial charge is 0.244 e. The van der Waals surface area contributed by atoms with E-state index in [4.69, 9.17) is 37.6 Å². The Morgan fingerprint density at radius 3 is 2.67 bits per heavy atom. The molecule has 0 bridgehead atoms. The van der Waals surface area contributed by atoms with Crippen LogP contribution in [0.15, 0.2) is 48.8 Å². The van der Waals surface area contributed by atoms with E-state index in [1.807, 2.05) is 45.3 Å². The maximum atomic E-state index is 13.4. The monoisotopic (exact) mass is 574 g/mol. The van der Waals surface area contributed by atoms with Crippen LogP contribution in [0.25, 0.3) is 16.6 Å². The number of amides is 1. The van der Waals surface area contributed by atoms with Gasteiger partial charge in [0.2, 0.25) is 5.91 Å². The molecule has 1 atom stereocenters. The molecule has 12 nitrogen and oxygen atoms in total. The number of fused-ring (bicyclic) bond motifs is 1. The summed E-state index contributed by atoms with van der Waals surface area (Å²) in [6.07, 6.45) is 3.89. The molecule has 2 aromatic heterocycles. The molecule has 39 heavy (non-hydrogen) atoms. The van der Waals surface area contributed by atoms with E-state index in [9.17, 15) is 4.79 Å². The van der Waals surface area contributed by atoms with E-state index >= 15 is 0 Å². The molecule has 1 amide bonds. The van der Waals surface area contributed by atoms with Gasteiger partial charge in [-0.1, -0.05) is 28.4 Å². The van der Waals surface area contributed by atoms with Gasteiger partial charge < -0.3 is 10.1 Å². The summed E-state index contributed by atoms with van der Waals surface area (Å²) in [5.74, 6) is -0.247. The molecule has 2 aromatic carbocycles. The van der Waals surface area contributed by atoms with Gasteiger partial charge in [0.25, 0.3) is 0 Å². The molecule has 1 aliphatic heterocycles. The minimum absolute atomic E-state index is 0.00771. The molecule has 0 aliphatic carbocycles. The zero-order valence-electron chi connectivity index (χ0n) is 21.6. The summed E-state index contributed by atoms with van der Waals surface area (Å²) in [6.45, 7) is 4.23. The Hall–Kier alpha value is -3.26. The molecule has 3 heterocycles. The third kappa shape index (κ3) is 6.49. The maximum absolute atomic E-state index is 13.4. The summed E-state index contributed by atoms with van der Waals surface area (Å²) in [5.41, 5.74) is 2.74. The number of halogens is 2. The minimum atomic E-state index is -0.677. The molecule has 4 aromatic rings. The number of benzene rings is 2. The highest BCUT2D eigenvalue weighted by Gasteiger charge is 2.32. The van der Waals surface area contributed by atoms with E-state index in [1.165, 1.54) is 14.8 Å². The second-order valence-electron chi connectivity index (χ2n) is 9.22. The number of aromatic nitrogens is 5. The van der Waals surface area contributed by atoms with Crippen LogP contribution in [0.2, 0.25) is 10.2 Å². The van der Waals surface area contributed by atoms with Crippen LogP contribution >= 0.6 is 23.2 Å². The zero-order chi connectivity index (χ0) is 27.5. The van der Waals surface area contributed by atoms with E-state index < -0.39 is 6.04 Å². The van der Waals surface area contributed by atoms with E-state index in [-0.39, 0.29) is 30.6 Å². The normalized spacial score (nSPS) is 15.3. The number of ether oxygens (including phenoxy) is 1. The van der Waals surface area contributed by atoms with Crippen LogP contribution in [0.4, 0.5) is 11.4 Å². The predicted molar refractivity (Wildman–Crippen MR) is 146 cm³/mol. The number of aryl methyl sites for hydroxylation is 1. The average molecular weight is 575 g/mol. The number of anilines is 2. The highest BCUT2D eigenvalue weighted by molar-refractivity contribution is 6.31. The van der Waals surface area contributed by atoms with Crippen molar-refractivity contribution in [2.75, 3.05) is 30.4 Å². The van der Waals surface area contributed by atoms with Gasteiger partial charge in [-0.3, -0.25) is 19.2 Å². The second kappa shape index (κ2) is 11.9. The van der Waals surface area contributed by atoms with Crippen molar-refractivity contribution >= 4 is 51.4 Å². The van der Waals surface area contributed by atoms with Crippen molar-refractivity contribution in [3.63, 3.8) is 0 Å². The van der Waals surface area contributed by atoms with Crippen molar-refractivity contribution in [1.82, 2.24) is 29.8 Å². The maximum Gasteiger partial charge on any atom is 0.244 e. The molecule has 1 aliphatic rings. The van der Waals surface area contributed by atoms with Gasteiger partial charge in [0.05, 0.1) is 29.2 Å². The van der Waals surface area contributed by atoms with Crippen LogP contribution in [0, 0.1) is 0 Å². The fourth-order valence-electron chi connectivity index (χ4n) is 4.17. The molecular weight excluding hydrogens is 547 g/mol. The first-order valence-electron chi connectivity index (χ1n) is 12.3. The van der Waals surface area contributed by atoms with E-state index in [0.717, 1.165) is 10.9 Å². The van der Waals surface area contributed by atoms with Crippen LogP contribution in [0.5, 0.6) is 0 Å². The number of carbonyl (C=O) groups excluding carboxylic acids is 1. The Morgan fingerprint density at radius 2 is 1.95 bits per heavy atom. The van der Waals surface area contributed by atoms with Crippen molar-refractivity contribution in [2.24, 2.45) is 7.05 Å². The van der Waals surface area contributed by atoms with Crippen molar-refractivity contribution in [2.45, 2.75) is 32.4 Å². The summed E-state index contributed by atoms with van der Waals surface area (Å²) in [5, 5.41) is 19.9. The molecule has 0 saturated carbocycles. The van der Waals surface area contributed by atoms with Gasteiger partial charge in [0, 0.05) is 35.9 Å². The Kier molecular flexibility index (Phi) is 8.31. The average Bonchev–Trinajstić information content (AvgIpc) is 3.50. The molecule has 0 spiro atoms. The Labute approximate surface area is 234 Å². The van der Waals surface area contributed by atoms with E-state index in [1.54, 1.807) is 29.1 Å². The third-order valence-electron chi connectivity index (χ3n) is 5.98. The van der Waals surface area contributed by atoms with Gasteiger partial charge >= 0.3 is 0 Å². The molecule has 1 saturated heterocycles. The third-order valence-corrected chi connectivity index (χ3v) is 6.39. The largest absolute Gasteiger partial charge is 0.379 e. The van der Waals surface area contributed by atoms with Gasteiger partial charge in [-0.2, -0.15) is 5.10 Å². The van der Waals surface area contributed by atoms with Crippen LogP contribution in [-0.2, 0) is 26.3 Å². The fourth-order valence-corrected chi connectivity index (χ4v) is 4.46.